The Labute approximate surface area is 128 Å². The normalized spacial score (nSPS) is 16.1. The summed E-state index contributed by atoms with van der Waals surface area (Å²) in [5, 5.41) is 1.87. The Hall–Kier alpha value is -0.860. The number of thiophene rings is 1. The number of fused-ring (bicyclic) bond motifs is 1. The quantitative estimate of drug-likeness (QED) is 0.632. The molecule has 0 aliphatic heterocycles. The van der Waals surface area contributed by atoms with Gasteiger partial charge in [-0.1, -0.05) is 37.3 Å². The van der Waals surface area contributed by atoms with E-state index in [2.05, 4.69) is 0 Å². The Bertz CT molecular complexity index is 638. The Morgan fingerprint density at radius 1 is 1.35 bits per heavy atom. The molecule has 106 valence electrons. The Kier molecular flexibility index (Phi) is 4.13. The van der Waals surface area contributed by atoms with E-state index >= 15 is 0 Å². The van der Waals surface area contributed by atoms with Gasteiger partial charge in [-0.15, -0.1) is 11.3 Å². The van der Waals surface area contributed by atoms with Crippen LogP contribution in [0.25, 0.3) is 10.1 Å². The van der Waals surface area contributed by atoms with Crippen molar-refractivity contribution in [1.29, 1.82) is 0 Å². The van der Waals surface area contributed by atoms with Gasteiger partial charge in [0.1, 0.15) is 0 Å². The number of benzene rings is 1. The van der Waals surface area contributed by atoms with Crippen LogP contribution in [-0.2, 0) is 0 Å². The van der Waals surface area contributed by atoms with Gasteiger partial charge in [0.15, 0.2) is 5.78 Å². The van der Waals surface area contributed by atoms with Crippen LogP contribution in [-0.4, -0.2) is 5.78 Å². The number of ketones is 1. The lowest BCUT2D eigenvalue weighted by molar-refractivity contribution is 0.0977. The van der Waals surface area contributed by atoms with Crippen LogP contribution in [0.3, 0.4) is 0 Å². The molecule has 2 aromatic rings. The number of carbonyl (C=O) groups is 1. The highest BCUT2D eigenvalue weighted by Gasteiger charge is 2.19. The van der Waals surface area contributed by atoms with Crippen LogP contribution in [0, 0.1) is 12.8 Å². The maximum absolute atomic E-state index is 12.5. The van der Waals surface area contributed by atoms with Crippen molar-refractivity contribution in [2.24, 2.45) is 5.92 Å². The molecule has 0 radical (unpaired) electrons. The zero-order valence-electron chi connectivity index (χ0n) is 11.7. The maximum atomic E-state index is 12.5. The van der Waals surface area contributed by atoms with Crippen molar-refractivity contribution < 1.29 is 4.79 Å². The summed E-state index contributed by atoms with van der Waals surface area (Å²) in [5.41, 5.74) is 1.10. The summed E-state index contributed by atoms with van der Waals surface area (Å²) in [5.74, 6) is 1.09. The van der Waals surface area contributed by atoms with Crippen molar-refractivity contribution in [2.75, 3.05) is 0 Å². The molecule has 0 saturated heterocycles. The molecule has 0 amide bonds. The van der Waals surface area contributed by atoms with E-state index in [-0.39, 0.29) is 0 Å². The van der Waals surface area contributed by atoms with Crippen LogP contribution >= 0.6 is 22.9 Å². The van der Waals surface area contributed by atoms with E-state index in [1.165, 1.54) is 25.7 Å². The smallest absolute Gasteiger partial charge is 0.173 e. The van der Waals surface area contributed by atoms with Crippen molar-refractivity contribution in [3.05, 3.63) is 33.7 Å². The molecule has 1 aromatic heterocycles. The van der Waals surface area contributed by atoms with Gasteiger partial charge in [-0.2, -0.15) is 0 Å². The number of carbonyl (C=O) groups excluding carboxylic acids is 1. The number of rotatable bonds is 4. The molecular formula is C17H19ClOS. The maximum Gasteiger partial charge on any atom is 0.173 e. The number of aryl methyl sites for hydroxylation is 1. The number of halogens is 1. The summed E-state index contributed by atoms with van der Waals surface area (Å²) in [4.78, 5) is 13.4. The van der Waals surface area contributed by atoms with E-state index in [1.54, 1.807) is 11.3 Å². The molecule has 0 N–H and O–H groups in total. The lowest BCUT2D eigenvalue weighted by Crippen LogP contribution is -2.02. The third-order valence-corrected chi connectivity index (χ3v) is 5.95. The molecular weight excluding hydrogens is 288 g/mol. The summed E-state index contributed by atoms with van der Waals surface area (Å²) in [6.07, 6.45) is 7.08. The van der Waals surface area contributed by atoms with Crippen molar-refractivity contribution in [3.63, 3.8) is 0 Å². The van der Waals surface area contributed by atoms with Crippen molar-refractivity contribution in [2.45, 2.75) is 45.4 Å². The molecule has 20 heavy (non-hydrogen) atoms. The van der Waals surface area contributed by atoms with Gasteiger partial charge in [-0.25, -0.2) is 0 Å². The zero-order valence-corrected chi connectivity index (χ0v) is 13.3. The molecule has 0 spiro atoms. The summed E-state index contributed by atoms with van der Waals surface area (Å²) in [7, 11) is 0. The number of hydrogen-bond acceptors (Lipinski definition) is 2. The van der Waals surface area contributed by atoms with Gasteiger partial charge in [0.05, 0.1) is 4.88 Å². The first-order valence-corrected chi connectivity index (χ1v) is 8.56. The fourth-order valence-electron chi connectivity index (χ4n) is 3.21. The molecule has 0 bridgehead atoms. The molecule has 0 atom stereocenters. The highest BCUT2D eigenvalue weighted by atomic mass is 35.5. The van der Waals surface area contributed by atoms with E-state index in [0.29, 0.717) is 12.2 Å². The van der Waals surface area contributed by atoms with Gasteiger partial charge < -0.3 is 0 Å². The standard InChI is InChI=1S/C17H19ClOS/c1-11-14-10-13(18)7-9-16(14)20-17(11)15(19)8-6-12-4-2-3-5-12/h7,9-10,12H,2-6,8H2,1H3. The summed E-state index contributed by atoms with van der Waals surface area (Å²) in [6, 6.07) is 5.88. The van der Waals surface area contributed by atoms with E-state index in [1.807, 2.05) is 25.1 Å². The highest BCUT2D eigenvalue weighted by molar-refractivity contribution is 7.21. The monoisotopic (exact) mass is 306 g/mol. The fraction of sp³-hybridized carbons (Fsp3) is 0.471. The predicted octanol–water partition coefficient (Wildman–Crippen LogP) is 6.02. The minimum Gasteiger partial charge on any atom is -0.293 e. The molecule has 1 aromatic carbocycles. The minimum atomic E-state index is 0.312. The van der Waals surface area contributed by atoms with Crippen molar-refractivity contribution in [1.82, 2.24) is 0 Å². The molecule has 3 heteroatoms. The molecule has 0 unspecified atom stereocenters. The largest absolute Gasteiger partial charge is 0.293 e. The topological polar surface area (TPSA) is 17.1 Å². The first kappa shape index (κ1) is 14.1. The minimum absolute atomic E-state index is 0.312. The van der Waals surface area contributed by atoms with Crippen LogP contribution in [0.4, 0.5) is 0 Å². The predicted molar refractivity (Wildman–Crippen MR) is 87.1 cm³/mol. The van der Waals surface area contributed by atoms with Crippen LogP contribution in [0.5, 0.6) is 0 Å². The number of Topliss-reactive ketones (excluding diaryl/α,β-unsaturated/α-hetero) is 1. The summed E-state index contributed by atoms with van der Waals surface area (Å²) >= 11 is 7.66. The van der Waals surface area contributed by atoms with Crippen LogP contribution in [0.2, 0.25) is 5.02 Å². The third kappa shape index (κ3) is 2.77. The highest BCUT2D eigenvalue weighted by Crippen LogP contribution is 2.35. The lowest BCUT2D eigenvalue weighted by Gasteiger charge is -2.07. The fourth-order valence-corrected chi connectivity index (χ4v) is 4.54. The number of hydrogen-bond donors (Lipinski definition) is 0. The summed E-state index contributed by atoms with van der Waals surface area (Å²) in [6.45, 7) is 2.04. The second kappa shape index (κ2) is 5.87. The van der Waals surface area contributed by atoms with E-state index < -0.39 is 0 Å². The average molecular weight is 307 g/mol. The van der Waals surface area contributed by atoms with Crippen molar-refractivity contribution in [3.8, 4) is 0 Å². The van der Waals surface area contributed by atoms with Crippen LogP contribution in [0.15, 0.2) is 18.2 Å². The van der Waals surface area contributed by atoms with Crippen molar-refractivity contribution >= 4 is 38.8 Å². The van der Waals surface area contributed by atoms with Gasteiger partial charge >= 0.3 is 0 Å². The molecule has 1 nitrogen and oxygen atoms in total. The Morgan fingerprint density at radius 3 is 2.85 bits per heavy atom. The Morgan fingerprint density at radius 2 is 2.10 bits per heavy atom. The van der Waals surface area contributed by atoms with Crippen LogP contribution in [0.1, 0.15) is 53.8 Å². The molecule has 1 aliphatic carbocycles. The Balaban J connectivity index is 1.78. The first-order valence-electron chi connectivity index (χ1n) is 7.37. The SMILES string of the molecule is Cc1c(C(=O)CCC2CCCC2)sc2ccc(Cl)cc12. The first-order chi connectivity index (χ1) is 9.65. The van der Waals surface area contributed by atoms with Gasteiger partial charge in [-0.05, 0) is 48.4 Å². The van der Waals surface area contributed by atoms with Gasteiger partial charge in [-0.3, -0.25) is 4.79 Å². The second-order valence-electron chi connectivity index (χ2n) is 5.81. The average Bonchev–Trinajstić information content (AvgIpc) is 3.05. The van der Waals surface area contributed by atoms with Gasteiger partial charge in [0.2, 0.25) is 0 Å². The van der Waals surface area contributed by atoms with Gasteiger partial charge in [0, 0.05) is 16.1 Å². The molecule has 1 heterocycles. The molecule has 1 aliphatic rings. The summed E-state index contributed by atoms with van der Waals surface area (Å²) < 4.78 is 1.16. The molecule has 3 rings (SSSR count). The lowest BCUT2D eigenvalue weighted by atomic mass is 9.99. The third-order valence-electron chi connectivity index (χ3n) is 4.41. The van der Waals surface area contributed by atoms with E-state index in [9.17, 15) is 4.79 Å². The zero-order chi connectivity index (χ0) is 14.1. The van der Waals surface area contributed by atoms with Crippen LogP contribution < -0.4 is 0 Å². The van der Waals surface area contributed by atoms with E-state index in [0.717, 1.165) is 37.9 Å². The second-order valence-corrected chi connectivity index (χ2v) is 7.30. The molecule has 1 saturated carbocycles. The molecule has 1 fully saturated rings. The van der Waals surface area contributed by atoms with Gasteiger partial charge in [0.25, 0.3) is 0 Å². The van der Waals surface area contributed by atoms with E-state index in [4.69, 9.17) is 11.6 Å².